The number of benzene rings is 1. The molecule has 0 aliphatic heterocycles. The summed E-state index contributed by atoms with van der Waals surface area (Å²) in [5.74, 6) is 0.748. The predicted octanol–water partition coefficient (Wildman–Crippen LogP) is 4.52. The minimum Gasteiger partial charge on any atom is -0.461 e. The summed E-state index contributed by atoms with van der Waals surface area (Å²) in [6.07, 6.45) is -0.453. The summed E-state index contributed by atoms with van der Waals surface area (Å²) in [6, 6.07) is 6.53. The largest absolute Gasteiger partial charge is 0.461 e. The summed E-state index contributed by atoms with van der Waals surface area (Å²) in [5.41, 5.74) is -0.670. The van der Waals surface area contributed by atoms with Gasteiger partial charge < -0.3 is 9.73 Å². The Kier molecular flexibility index (Phi) is 6.72. The molecule has 0 saturated carbocycles. The van der Waals surface area contributed by atoms with E-state index in [0.717, 1.165) is 23.9 Å². The van der Waals surface area contributed by atoms with E-state index in [1.54, 1.807) is 12.1 Å². The van der Waals surface area contributed by atoms with Gasteiger partial charge in [0.2, 0.25) is 5.91 Å². The van der Waals surface area contributed by atoms with Crippen LogP contribution in [0.5, 0.6) is 0 Å². The maximum atomic E-state index is 13.2. The predicted molar refractivity (Wildman–Crippen MR) is 118 cm³/mol. The van der Waals surface area contributed by atoms with Crippen LogP contribution in [-0.2, 0) is 17.5 Å². The van der Waals surface area contributed by atoms with E-state index in [4.69, 9.17) is 4.42 Å². The molecule has 0 atom stereocenters. The fraction of sp³-hybridized carbons (Fsp3) is 0.286. The van der Waals surface area contributed by atoms with E-state index in [9.17, 15) is 18.0 Å². The van der Waals surface area contributed by atoms with Crippen LogP contribution < -0.4 is 5.32 Å². The lowest BCUT2D eigenvalue weighted by molar-refractivity contribution is -0.137. The van der Waals surface area contributed by atoms with Crippen LogP contribution in [0, 0.1) is 5.92 Å². The number of anilines is 1. The van der Waals surface area contributed by atoms with Gasteiger partial charge >= 0.3 is 6.18 Å². The first-order chi connectivity index (χ1) is 16.2. The van der Waals surface area contributed by atoms with Gasteiger partial charge in [-0.3, -0.25) is 9.36 Å². The Morgan fingerprint density at radius 3 is 2.71 bits per heavy atom. The molecule has 0 radical (unpaired) electrons. The van der Waals surface area contributed by atoms with Gasteiger partial charge in [-0.25, -0.2) is 9.67 Å². The first-order valence-electron chi connectivity index (χ1n) is 10.2. The summed E-state index contributed by atoms with van der Waals surface area (Å²) >= 11 is 1.13. The Hall–Kier alpha value is -3.61. The third-order valence-electron chi connectivity index (χ3n) is 4.60. The molecular weight excluding hydrogens is 471 g/mol. The third-order valence-corrected chi connectivity index (χ3v) is 5.57. The molecule has 0 saturated heterocycles. The van der Waals surface area contributed by atoms with E-state index >= 15 is 0 Å². The topological polar surface area (TPSA) is 104 Å². The number of nitrogens with zero attached hydrogens (tertiary/aromatic N) is 6. The zero-order valence-corrected chi connectivity index (χ0v) is 19.0. The molecule has 1 aromatic carbocycles. The van der Waals surface area contributed by atoms with Crippen molar-refractivity contribution in [1.82, 2.24) is 29.5 Å². The Morgan fingerprint density at radius 2 is 2.06 bits per heavy atom. The molecule has 0 spiro atoms. The van der Waals surface area contributed by atoms with Gasteiger partial charge in [0.25, 0.3) is 0 Å². The molecule has 0 fully saturated rings. The molecule has 3 aromatic heterocycles. The van der Waals surface area contributed by atoms with Crippen LogP contribution in [-0.4, -0.2) is 41.2 Å². The van der Waals surface area contributed by atoms with E-state index in [1.165, 1.54) is 29.7 Å². The molecule has 13 heteroatoms. The molecule has 0 unspecified atom stereocenters. The van der Waals surface area contributed by atoms with Crippen LogP contribution in [0.2, 0.25) is 0 Å². The number of aromatic nitrogens is 6. The molecule has 0 aliphatic carbocycles. The van der Waals surface area contributed by atoms with Crippen molar-refractivity contribution >= 4 is 23.4 Å². The molecular formula is C21H20F3N7O2S. The van der Waals surface area contributed by atoms with E-state index in [1.807, 2.05) is 18.4 Å². The molecule has 0 bridgehead atoms. The van der Waals surface area contributed by atoms with E-state index in [0.29, 0.717) is 23.3 Å². The summed E-state index contributed by atoms with van der Waals surface area (Å²) in [5, 5.41) is 15.3. The molecule has 0 aliphatic rings. The van der Waals surface area contributed by atoms with Gasteiger partial charge in [0.1, 0.15) is 12.7 Å². The molecule has 4 aromatic rings. The number of hydrogen-bond donors (Lipinski definition) is 1. The second-order valence-electron chi connectivity index (χ2n) is 7.69. The number of thioether (sulfide) groups is 1. The van der Waals surface area contributed by atoms with E-state index in [-0.39, 0.29) is 23.0 Å². The number of carbonyl (C=O) groups excluding carboxylic acids is 1. The number of halogens is 3. The highest BCUT2D eigenvalue weighted by atomic mass is 32.2. The van der Waals surface area contributed by atoms with Crippen LogP contribution in [0.25, 0.3) is 17.3 Å². The molecule has 178 valence electrons. The van der Waals surface area contributed by atoms with Crippen LogP contribution in [0.15, 0.2) is 58.8 Å². The Labute approximate surface area is 196 Å². The van der Waals surface area contributed by atoms with Gasteiger partial charge in [-0.1, -0.05) is 25.6 Å². The summed E-state index contributed by atoms with van der Waals surface area (Å²) in [6.45, 7) is 4.66. The van der Waals surface area contributed by atoms with Crippen molar-refractivity contribution in [3.05, 3.63) is 54.8 Å². The zero-order valence-electron chi connectivity index (χ0n) is 18.2. The van der Waals surface area contributed by atoms with Crippen LogP contribution >= 0.6 is 11.8 Å². The molecule has 3 heterocycles. The first-order valence-corrected chi connectivity index (χ1v) is 11.2. The number of furan rings is 1. The van der Waals surface area contributed by atoms with Crippen LogP contribution in [0.3, 0.4) is 0 Å². The molecule has 1 N–H and O–H groups in total. The van der Waals surface area contributed by atoms with Crippen LogP contribution in [0.1, 0.15) is 19.4 Å². The fourth-order valence-corrected chi connectivity index (χ4v) is 3.92. The minimum atomic E-state index is -4.56. The number of amides is 1. The van der Waals surface area contributed by atoms with Crippen molar-refractivity contribution in [2.45, 2.75) is 31.7 Å². The van der Waals surface area contributed by atoms with Crippen LogP contribution in [0.4, 0.5) is 18.9 Å². The average Bonchev–Trinajstić information content (AvgIpc) is 3.53. The lowest BCUT2D eigenvalue weighted by Crippen LogP contribution is -2.18. The minimum absolute atomic E-state index is 0.0363. The normalized spacial score (nSPS) is 11.8. The third kappa shape index (κ3) is 5.30. The summed E-state index contributed by atoms with van der Waals surface area (Å²) in [4.78, 5) is 16.5. The number of nitrogens with one attached hydrogen (secondary N) is 1. The summed E-state index contributed by atoms with van der Waals surface area (Å²) in [7, 11) is 0. The lowest BCUT2D eigenvalue weighted by Gasteiger charge is -2.14. The average molecular weight is 491 g/mol. The molecule has 1 amide bonds. The van der Waals surface area contributed by atoms with Crippen molar-refractivity contribution in [3.63, 3.8) is 0 Å². The molecule has 34 heavy (non-hydrogen) atoms. The zero-order chi connectivity index (χ0) is 24.3. The number of rotatable bonds is 8. The first kappa shape index (κ1) is 23.5. The quantitative estimate of drug-likeness (QED) is 0.361. The standard InChI is InChI=1S/C21H20F3N7O2S/c1-13(2)9-30-19(17-4-3-7-33-17)28-29-20(30)34-10-18(32)27-15-8-14(21(22,23)24)5-6-16(15)31-12-25-11-26-31/h3-8,11-13H,9-10H2,1-2H3,(H,27,32). The lowest BCUT2D eigenvalue weighted by atomic mass is 10.1. The smallest absolute Gasteiger partial charge is 0.416 e. The van der Waals surface area contributed by atoms with Crippen molar-refractivity contribution in [2.24, 2.45) is 5.92 Å². The molecule has 9 nitrogen and oxygen atoms in total. The van der Waals surface area contributed by atoms with Gasteiger partial charge in [-0.15, -0.1) is 10.2 Å². The maximum absolute atomic E-state index is 13.2. The Morgan fingerprint density at radius 1 is 1.24 bits per heavy atom. The van der Waals surface area contributed by atoms with E-state index < -0.39 is 17.6 Å². The number of hydrogen-bond acceptors (Lipinski definition) is 7. The highest BCUT2D eigenvalue weighted by Gasteiger charge is 2.31. The van der Waals surface area contributed by atoms with Gasteiger partial charge in [-0.05, 0) is 36.2 Å². The Bertz CT molecular complexity index is 1250. The number of carbonyl (C=O) groups is 1. The van der Waals surface area contributed by atoms with Crippen molar-refractivity contribution in [1.29, 1.82) is 0 Å². The van der Waals surface area contributed by atoms with Crippen molar-refractivity contribution in [2.75, 3.05) is 11.1 Å². The van der Waals surface area contributed by atoms with Crippen molar-refractivity contribution < 1.29 is 22.4 Å². The monoisotopic (exact) mass is 491 g/mol. The number of alkyl halides is 3. The SMILES string of the molecule is CC(C)Cn1c(SCC(=O)Nc2cc(C(F)(F)F)ccc2-n2cncn2)nnc1-c1ccco1. The van der Waals surface area contributed by atoms with E-state index in [2.05, 4.69) is 25.6 Å². The highest BCUT2D eigenvalue weighted by Crippen LogP contribution is 2.33. The second-order valence-corrected chi connectivity index (χ2v) is 8.64. The Balaban J connectivity index is 1.54. The van der Waals surface area contributed by atoms with Gasteiger partial charge in [-0.2, -0.15) is 18.3 Å². The van der Waals surface area contributed by atoms with Crippen molar-refractivity contribution in [3.8, 4) is 17.3 Å². The van der Waals surface area contributed by atoms with Gasteiger partial charge in [0.15, 0.2) is 16.7 Å². The fourth-order valence-electron chi connectivity index (χ4n) is 3.17. The highest BCUT2D eigenvalue weighted by molar-refractivity contribution is 7.99. The molecule has 4 rings (SSSR count). The van der Waals surface area contributed by atoms with Gasteiger partial charge in [0, 0.05) is 6.54 Å². The maximum Gasteiger partial charge on any atom is 0.416 e. The summed E-state index contributed by atoms with van der Waals surface area (Å²) < 4.78 is 48.3. The second kappa shape index (κ2) is 9.71. The van der Waals surface area contributed by atoms with Gasteiger partial charge in [0.05, 0.1) is 29.0 Å².